The molecule has 2 aromatic rings. The molecule has 0 saturated heterocycles. The fourth-order valence-corrected chi connectivity index (χ4v) is 2.03. The summed E-state index contributed by atoms with van der Waals surface area (Å²) < 4.78 is 13.1. The number of hydrogen-bond acceptors (Lipinski definition) is 3. The number of rotatable bonds is 5. The summed E-state index contributed by atoms with van der Waals surface area (Å²) >= 11 is 0. The smallest absolute Gasteiger partial charge is 0.123 e. The average Bonchev–Trinajstić information content (AvgIpc) is 2.45. The topological polar surface area (TPSA) is 43.7 Å². The van der Waals surface area contributed by atoms with Gasteiger partial charge in [-0.25, -0.2) is 4.39 Å². The summed E-state index contributed by atoms with van der Waals surface area (Å²) in [6.07, 6.45) is -0.189. The quantitative estimate of drug-likeness (QED) is 0.881. The average molecular weight is 275 g/mol. The van der Waals surface area contributed by atoms with Gasteiger partial charge in [-0.1, -0.05) is 12.1 Å². The van der Waals surface area contributed by atoms with E-state index < -0.39 is 6.10 Å². The van der Waals surface area contributed by atoms with E-state index in [-0.39, 0.29) is 11.6 Å². The molecule has 0 radical (unpaired) electrons. The molecule has 0 heterocycles. The Morgan fingerprint density at radius 2 is 1.85 bits per heavy atom. The van der Waals surface area contributed by atoms with Gasteiger partial charge >= 0.3 is 0 Å². The van der Waals surface area contributed by atoms with Crippen LogP contribution in [0.1, 0.15) is 18.1 Å². The zero-order valence-electron chi connectivity index (χ0n) is 11.3. The van der Waals surface area contributed by atoms with Crippen LogP contribution < -0.4 is 4.90 Å². The summed E-state index contributed by atoms with van der Waals surface area (Å²) in [5.41, 5.74) is 1.54. The van der Waals surface area contributed by atoms with Crippen LogP contribution in [0, 0.1) is 5.82 Å². The van der Waals surface area contributed by atoms with Crippen LogP contribution in [-0.4, -0.2) is 23.8 Å². The first-order chi connectivity index (χ1) is 9.56. The molecule has 1 atom stereocenters. The van der Waals surface area contributed by atoms with E-state index in [9.17, 15) is 14.6 Å². The van der Waals surface area contributed by atoms with Crippen LogP contribution >= 0.6 is 0 Å². The lowest BCUT2D eigenvalue weighted by Crippen LogP contribution is -2.20. The van der Waals surface area contributed by atoms with E-state index in [4.69, 9.17) is 0 Å². The number of phenols is 1. The highest BCUT2D eigenvalue weighted by molar-refractivity contribution is 5.48. The summed E-state index contributed by atoms with van der Waals surface area (Å²) in [6.45, 7) is 0.627. The number of hydrogen-bond donors (Lipinski definition) is 2. The first-order valence-corrected chi connectivity index (χ1v) is 6.50. The Kier molecular flexibility index (Phi) is 4.58. The molecule has 1 unspecified atom stereocenters. The molecule has 0 aromatic heterocycles. The Bertz CT molecular complexity index is 557. The second kappa shape index (κ2) is 6.39. The van der Waals surface area contributed by atoms with E-state index >= 15 is 0 Å². The Balaban J connectivity index is 1.93. The van der Waals surface area contributed by atoms with E-state index in [2.05, 4.69) is 0 Å². The summed E-state index contributed by atoms with van der Waals surface area (Å²) in [5, 5.41) is 19.3. The standard InChI is InChI=1S/C16H18FNO2/c1-18(14-5-7-15(19)8-6-14)10-9-16(20)12-3-2-4-13(17)11-12/h2-8,11,16,19-20H,9-10H2,1H3. The van der Waals surface area contributed by atoms with E-state index in [1.165, 1.54) is 12.1 Å². The minimum atomic E-state index is -0.690. The van der Waals surface area contributed by atoms with Crippen molar-refractivity contribution in [3.8, 4) is 5.75 Å². The molecule has 0 spiro atoms. The van der Waals surface area contributed by atoms with Crippen molar-refractivity contribution in [3.63, 3.8) is 0 Å². The molecular formula is C16H18FNO2. The Morgan fingerprint density at radius 1 is 1.15 bits per heavy atom. The molecule has 2 rings (SSSR count). The highest BCUT2D eigenvalue weighted by Gasteiger charge is 2.10. The first-order valence-electron chi connectivity index (χ1n) is 6.50. The van der Waals surface area contributed by atoms with Gasteiger partial charge in [-0.05, 0) is 48.4 Å². The van der Waals surface area contributed by atoms with Crippen molar-refractivity contribution < 1.29 is 14.6 Å². The summed E-state index contributed by atoms with van der Waals surface area (Å²) in [5.74, 6) is -0.115. The SMILES string of the molecule is CN(CCC(O)c1cccc(F)c1)c1ccc(O)cc1. The van der Waals surface area contributed by atoms with Gasteiger partial charge in [0.2, 0.25) is 0 Å². The summed E-state index contributed by atoms with van der Waals surface area (Å²) in [4.78, 5) is 1.97. The fourth-order valence-electron chi connectivity index (χ4n) is 2.03. The van der Waals surface area contributed by atoms with Crippen LogP contribution in [-0.2, 0) is 0 Å². The van der Waals surface area contributed by atoms with Gasteiger partial charge < -0.3 is 15.1 Å². The summed E-state index contributed by atoms with van der Waals surface area (Å²) in [6, 6.07) is 12.9. The second-order valence-corrected chi connectivity index (χ2v) is 4.80. The molecule has 2 aromatic carbocycles. The molecule has 20 heavy (non-hydrogen) atoms. The van der Waals surface area contributed by atoms with Gasteiger partial charge in [0.05, 0.1) is 6.10 Å². The number of aliphatic hydroxyl groups is 1. The molecule has 0 aliphatic carbocycles. The number of aromatic hydroxyl groups is 1. The molecule has 3 nitrogen and oxygen atoms in total. The van der Waals surface area contributed by atoms with Crippen molar-refractivity contribution in [2.24, 2.45) is 0 Å². The van der Waals surface area contributed by atoms with Gasteiger partial charge in [-0.15, -0.1) is 0 Å². The molecule has 4 heteroatoms. The third kappa shape index (κ3) is 3.71. The molecule has 0 fully saturated rings. The summed E-state index contributed by atoms with van der Waals surface area (Å²) in [7, 11) is 1.91. The van der Waals surface area contributed by atoms with Crippen molar-refractivity contribution in [2.75, 3.05) is 18.5 Å². The molecule has 0 amide bonds. The highest BCUT2D eigenvalue weighted by atomic mass is 19.1. The number of benzene rings is 2. The number of nitrogens with zero attached hydrogens (tertiary/aromatic N) is 1. The van der Waals surface area contributed by atoms with Gasteiger partial charge in [-0.3, -0.25) is 0 Å². The van der Waals surface area contributed by atoms with Crippen LogP contribution in [0.3, 0.4) is 0 Å². The van der Waals surface area contributed by atoms with Crippen molar-refractivity contribution >= 4 is 5.69 Å². The minimum Gasteiger partial charge on any atom is -0.508 e. The van der Waals surface area contributed by atoms with E-state index in [0.29, 0.717) is 18.5 Å². The maximum absolute atomic E-state index is 13.1. The number of halogens is 1. The van der Waals surface area contributed by atoms with Gasteiger partial charge in [0.15, 0.2) is 0 Å². The molecule has 0 aliphatic rings. The maximum Gasteiger partial charge on any atom is 0.123 e. The van der Waals surface area contributed by atoms with Crippen molar-refractivity contribution in [2.45, 2.75) is 12.5 Å². The molecule has 0 bridgehead atoms. The molecule has 106 valence electrons. The fraction of sp³-hybridized carbons (Fsp3) is 0.250. The third-order valence-corrected chi connectivity index (χ3v) is 3.26. The molecule has 0 saturated carbocycles. The minimum absolute atomic E-state index is 0.224. The van der Waals surface area contributed by atoms with E-state index in [1.54, 1.807) is 24.3 Å². The zero-order chi connectivity index (χ0) is 14.5. The van der Waals surface area contributed by atoms with Crippen LogP contribution in [0.2, 0.25) is 0 Å². The van der Waals surface area contributed by atoms with E-state index in [0.717, 1.165) is 5.69 Å². The second-order valence-electron chi connectivity index (χ2n) is 4.80. The van der Waals surface area contributed by atoms with Crippen molar-refractivity contribution in [1.29, 1.82) is 0 Å². The number of aliphatic hydroxyl groups excluding tert-OH is 1. The first kappa shape index (κ1) is 14.3. The Labute approximate surface area is 117 Å². The lowest BCUT2D eigenvalue weighted by molar-refractivity contribution is 0.169. The van der Waals surface area contributed by atoms with Gasteiger partial charge in [-0.2, -0.15) is 0 Å². The predicted octanol–water partition coefficient (Wildman–Crippen LogP) is 3.09. The van der Waals surface area contributed by atoms with Crippen molar-refractivity contribution in [1.82, 2.24) is 0 Å². The normalized spacial score (nSPS) is 12.2. The lowest BCUT2D eigenvalue weighted by Gasteiger charge is -2.21. The van der Waals surface area contributed by atoms with Gasteiger partial charge in [0.25, 0.3) is 0 Å². The third-order valence-electron chi connectivity index (χ3n) is 3.26. The molecular weight excluding hydrogens is 257 g/mol. The van der Waals surface area contributed by atoms with E-state index in [1.807, 2.05) is 24.1 Å². The van der Waals surface area contributed by atoms with Crippen LogP contribution in [0.4, 0.5) is 10.1 Å². The highest BCUT2D eigenvalue weighted by Crippen LogP contribution is 2.21. The largest absolute Gasteiger partial charge is 0.508 e. The Morgan fingerprint density at radius 3 is 2.50 bits per heavy atom. The van der Waals surface area contributed by atoms with Gasteiger partial charge in [0.1, 0.15) is 11.6 Å². The van der Waals surface area contributed by atoms with Crippen molar-refractivity contribution in [3.05, 3.63) is 59.9 Å². The Hall–Kier alpha value is -2.07. The number of phenolic OH excluding ortho intramolecular Hbond substituents is 1. The monoisotopic (exact) mass is 275 g/mol. The molecule has 2 N–H and O–H groups in total. The van der Waals surface area contributed by atoms with Crippen LogP contribution in [0.25, 0.3) is 0 Å². The van der Waals surface area contributed by atoms with Gasteiger partial charge in [0, 0.05) is 19.3 Å². The predicted molar refractivity (Wildman–Crippen MR) is 77.4 cm³/mol. The van der Waals surface area contributed by atoms with Crippen LogP contribution in [0.15, 0.2) is 48.5 Å². The molecule has 0 aliphatic heterocycles. The van der Waals surface area contributed by atoms with Crippen LogP contribution in [0.5, 0.6) is 5.75 Å². The maximum atomic E-state index is 13.1. The number of anilines is 1. The lowest BCUT2D eigenvalue weighted by atomic mass is 10.1. The zero-order valence-corrected chi connectivity index (χ0v) is 11.3.